The van der Waals surface area contributed by atoms with Crippen LogP contribution in [0.2, 0.25) is 0 Å². The third kappa shape index (κ3) is 3.80. The molecule has 0 saturated carbocycles. The van der Waals surface area contributed by atoms with Crippen LogP contribution in [0.25, 0.3) is 22.3 Å². The Labute approximate surface area is 201 Å². The van der Waals surface area contributed by atoms with Crippen molar-refractivity contribution in [3.8, 4) is 11.3 Å². The zero-order chi connectivity index (χ0) is 24.3. The maximum atomic E-state index is 13.8. The summed E-state index contributed by atoms with van der Waals surface area (Å²) in [5.41, 5.74) is 5.05. The molecule has 3 amide bonds. The van der Waals surface area contributed by atoms with Gasteiger partial charge in [-0.2, -0.15) is 0 Å². The fraction of sp³-hybridized carbons (Fsp3) is 0.385. The van der Waals surface area contributed by atoms with Crippen molar-refractivity contribution < 1.29 is 18.8 Å². The highest BCUT2D eigenvalue weighted by Gasteiger charge is 2.39. The van der Waals surface area contributed by atoms with Gasteiger partial charge in [0.15, 0.2) is 0 Å². The third-order valence-electron chi connectivity index (χ3n) is 7.35. The van der Waals surface area contributed by atoms with Gasteiger partial charge in [0.25, 0.3) is 5.91 Å². The van der Waals surface area contributed by atoms with Crippen LogP contribution >= 0.6 is 0 Å². The number of likely N-dealkylation sites (tertiary alicyclic amines) is 1. The van der Waals surface area contributed by atoms with E-state index in [9.17, 15) is 18.8 Å². The number of halogens is 1. The Balaban J connectivity index is 1.33. The number of piperidine rings is 1. The molecule has 0 bridgehead atoms. The monoisotopic (exact) mass is 475 g/mol. The molecule has 1 aromatic carbocycles. The lowest BCUT2D eigenvalue weighted by molar-refractivity contribution is -0.136. The van der Waals surface area contributed by atoms with Gasteiger partial charge in [-0.25, -0.2) is 9.37 Å². The van der Waals surface area contributed by atoms with Crippen LogP contribution in [-0.2, 0) is 29.7 Å². The smallest absolute Gasteiger partial charge is 0.255 e. The summed E-state index contributed by atoms with van der Waals surface area (Å²) in [4.78, 5) is 45.5. The zero-order valence-electron chi connectivity index (χ0n) is 19.5. The summed E-state index contributed by atoms with van der Waals surface area (Å²) in [5.74, 6) is -0.908. The lowest BCUT2D eigenvalue weighted by Crippen LogP contribution is -2.52. The molecule has 2 atom stereocenters. The first-order valence-electron chi connectivity index (χ1n) is 12.0. The highest BCUT2D eigenvalue weighted by atomic mass is 19.1. The average molecular weight is 476 g/mol. The van der Waals surface area contributed by atoms with E-state index < -0.39 is 18.1 Å². The molecular weight excluding hydrogens is 449 g/mol. The van der Waals surface area contributed by atoms with E-state index in [0.717, 1.165) is 40.0 Å². The molecule has 2 aromatic heterocycles. The van der Waals surface area contributed by atoms with Crippen molar-refractivity contribution in [1.29, 1.82) is 0 Å². The van der Waals surface area contributed by atoms with Gasteiger partial charge in [0.05, 0.1) is 5.69 Å². The number of nitrogens with zero attached hydrogens (tertiary/aromatic N) is 4. The molecule has 0 spiro atoms. The Kier molecular flexibility index (Phi) is 5.17. The number of nitrogens with one attached hydrogen (secondary N) is 1. The average Bonchev–Trinajstić information content (AvgIpc) is 3.51. The van der Waals surface area contributed by atoms with Gasteiger partial charge in [0, 0.05) is 62.4 Å². The minimum Gasteiger partial charge on any atom is -0.336 e. The second kappa shape index (κ2) is 8.27. The first kappa shape index (κ1) is 21.9. The number of carbonyl (C=O) groups excluding carboxylic acids is 3. The summed E-state index contributed by atoms with van der Waals surface area (Å²) in [6, 6.07) is 9.12. The van der Waals surface area contributed by atoms with Crippen molar-refractivity contribution in [3.63, 3.8) is 0 Å². The molecule has 9 heteroatoms. The second-order valence-electron chi connectivity index (χ2n) is 9.72. The van der Waals surface area contributed by atoms with Crippen LogP contribution in [0.4, 0.5) is 4.39 Å². The highest BCUT2D eigenvalue weighted by molar-refractivity contribution is 6.05. The third-order valence-corrected chi connectivity index (χ3v) is 7.35. The largest absolute Gasteiger partial charge is 0.336 e. The summed E-state index contributed by atoms with van der Waals surface area (Å²) in [7, 11) is 1.95. The van der Waals surface area contributed by atoms with E-state index in [1.165, 1.54) is 0 Å². The van der Waals surface area contributed by atoms with Gasteiger partial charge in [-0.3, -0.25) is 24.6 Å². The van der Waals surface area contributed by atoms with Crippen molar-refractivity contribution in [2.24, 2.45) is 7.05 Å². The van der Waals surface area contributed by atoms with Crippen molar-refractivity contribution in [2.45, 2.75) is 44.6 Å². The minimum atomic E-state index is -0.774. The zero-order valence-corrected chi connectivity index (χ0v) is 19.5. The predicted octanol–water partition coefficient (Wildman–Crippen LogP) is 2.55. The van der Waals surface area contributed by atoms with Gasteiger partial charge in [-0.05, 0) is 48.2 Å². The van der Waals surface area contributed by atoms with Crippen molar-refractivity contribution in [2.75, 3.05) is 13.1 Å². The molecule has 0 aliphatic carbocycles. The van der Waals surface area contributed by atoms with Crippen LogP contribution in [0, 0.1) is 0 Å². The number of aromatic nitrogens is 2. The number of hydrogen-bond donors (Lipinski definition) is 1. The molecule has 35 heavy (non-hydrogen) atoms. The summed E-state index contributed by atoms with van der Waals surface area (Å²) >= 11 is 0. The molecule has 8 nitrogen and oxygen atoms in total. The first-order chi connectivity index (χ1) is 16.9. The fourth-order valence-electron chi connectivity index (χ4n) is 5.48. The highest BCUT2D eigenvalue weighted by Crippen LogP contribution is 2.33. The van der Waals surface area contributed by atoms with E-state index in [4.69, 9.17) is 4.98 Å². The molecule has 2 saturated heterocycles. The number of carbonyl (C=O) groups is 3. The topological polar surface area (TPSA) is 87.5 Å². The van der Waals surface area contributed by atoms with E-state index in [-0.39, 0.29) is 18.2 Å². The second-order valence-corrected chi connectivity index (χ2v) is 9.72. The number of hydrogen-bond acceptors (Lipinski definition) is 5. The Bertz CT molecular complexity index is 1380. The number of fused-ring (bicyclic) bond motifs is 2. The first-order valence-corrected chi connectivity index (χ1v) is 12.0. The molecule has 6 rings (SSSR count). The van der Waals surface area contributed by atoms with Crippen molar-refractivity contribution in [1.82, 2.24) is 24.7 Å². The molecular formula is C26H26FN5O3. The summed E-state index contributed by atoms with van der Waals surface area (Å²) in [6.45, 7) is 2.16. The summed E-state index contributed by atoms with van der Waals surface area (Å²) in [6.07, 6.45) is 2.34. The van der Waals surface area contributed by atoms with Gasteiger partial charge in [-0.1, -0.05) is 6.07 Å². The van der Waals surface area contributed by atoms with Gasteiger partial charge in [0.2, 0.25) is 11.8 Å². The minimum absolute atomic E-state index is 0.192. The molecule has 2 unspecified atom stereocenters. The Hall–Kier alpha value is -3.59. The van der Waals surface area contributed by atoms with E-state index in [1.807, 2.05) is 36.0 Å². The number of amides is 3. The molecule has 3 aliphatic heterocycles. The standard InChI is InChI=1S/C26H26FN5O3/c1-30-8-7-19-17(12-31-9-6-18(27)14-31)11-21(28-24(19)30)15-2-3-20-16(10-15)13-32(26(20)35)22-4-5-23(33)29-25(22)34/h2-3,7-8,10-11,18,22H,4-6,9,12-14H2,1H3,(H,29,33,34). The molecule has 1 N–H and O–H groups in total. The maximum absolute atomic E-state index is 13.8. The maximum Gasteiger partial charge on any atom is 0.255 e. The van der Waals surface area contributed by atoms with E-state index in [0.29, 0.717) is 38.0 Å². The molecule has 180 valence electrons. The summed E-state index contributed by atoms with van der Waals surface area (Å²) < 4.78 is 15.8. The molecule has 3 aliphatic rings. The van der Waals surface area contributed by atoms with Crippen LogP contribution in [-0.4, -0.2) is 62.4 Å². The number of alkyl halides is 1. The number of aryl methyl sites for hydroxylation is 1. The SMILES string of the molecule is Cn1ccc2c(CN3CCC(F)C3)cc(-c3ccc4c(c3)CN(C3CCC(=O)NC3=O)C4=O)nc21. The van der Waals surface area contributed by atoms with Gasteiger partial charge >= 0.3 is 0 Å². The normalized spacial score (nSPS) is 22.8. The molecule has 0 radical (unpaired) electrons. The fourth-order valence-corrected chi connectivity index (χ4v) is 5.48. The lowest BCUT2D eigenvalue weighted by atomic mass is 10.0. The van der Waals surface area contributed by atoms with Crippen molar-refractivity contribution >= 4 is 28.8 Å². The number of rotatable bonds is 4. The quantitative estimate of drug-likeness (QED) is 0.586. The predicted molar refractivity (Wildman–Crippen MR) is 127 cm³/mol. The van der Waals surface area contributed by atoms with E-state index in [1.54, 1.807) is 11.0 Å². The van der Waals surface area contributed by atoms with Crippen LogP contribution in [0.15, 0.2) is 36.5 Å². The number of imide groups is 1. The van der Waals surface area contributed by atoms with Crippen LogP contribution in [0.3, 0.4) is 0 Å². The van der Waals surface area contributed by atoms with Crippen molar-refractivity contribution in [3.05, 3.63) is 53.2 Å². The molecule has 3 aromatic rings. The molecule has 5 heterocycles. The van der Waals surface area contributed by atoms with Gasteiger partial charge in [0.1, 0.15) is 17.9 Å². The Morgan fingerprint density at radius 2 is 2.00 bits per heavy atom. The van der Waals surface area contributed by atoms with Crippen LogP contribution in [0.1, 0.15) is 40.7 Å². The molecule has 2 fully saturated rings. The van der Waals surface area contributed by atoms with Gasteiger partial charge in [-0.15, -0.1) is 0 Å². The van der Waals surface area contributed by atoms with Gasteiger partial charge < -0.3 is 9.47 Å². The summed E-state index contributed by atoms with van der Waals surface area (Å²) in [5, 5.41) is 3.39. The Morgan fingerprint density at radius 3 is 2.77 bits per heavy atom. The number of pyridine rings is 1. The Morgan fingerprint density at radius 1 is 1.14 bits per heavy atom. The van der Waals surface area contributed by atoms with E-state index >= 15 is 0 Å². The van der Waals surface area contributed by atoms with Crippen LogP contribution < -0.4 is 5.32 Å². The van der Waals surface area contributed by atoms with Crippen LogP contribution in [0.5, 0.6) is 0 Å². The van der Waals surface area contributed by atoms with E-state index in [2.05, 4.69) is 16.3 Å². The number of benzene rings is 1. The lowest BCUT2D eigenvalue weighted by Gasteiger charge is -2.29.